The molecule has 1 heterocycles. The molecule has 0 saturated heterocycles. The summed E-state index contributed by atoms with van der Waals surface area (Å²) >= 11 is 3.52. The minimum absolute atomic E-state index is 0. The Bertz CT molecular complexity index is 667. The minimum Gasteiger partial charge on any atom is -0.352 e. The van der Waals surface area contributed by atoms with Crippen molar-refractivity contribution in [2.75, 3.05) is 6.54 Å². The highest BCUT2D eigenvalue weighted by Gasteiger charge is 2.11. The lowest BCUT2D eigenvalue weighted by Gasteiger charge is -2.08. The molecule has 0 spiro atoms. The third kappa shape index (κ3) is 4.80. The third-order valence-electron chi connectivity index (χ3n) is 3.46. The first-order chi connectivity index (χ1) is 10.4. The zero-order valence-corrected chi connectivity index (χ0v) is 15.9. The van der Waals surface area contributed by atoms with Crippen LogP contribution in [0.2, 0.25) is 0 Å². The molecule has 1 aromatic heterocycles. The quantitative estimate of drug-likeness (QED) is 0.808. The Kier molecular flexibility index (Phi) is 7.25. The first kappa shape index (κ1) is 19.7. The van der Waals surface area contributed by atoms with E-state index < -0.39 is 0 Å². The Morgan fingerprint density at radius 3 is 2.43 bits per heavy atom. The van der Waals surface area contributed by atoms with Crippen LogP contribution in [0, 0.1) is 13.8 Å². The van der Waals surface area contributed by atoms with E-state index >= 15 is 0 Å². The van der Waals surface area contributed by atoms with Gasteiger partial charge in [0, 0.05) is 18.2 Å². The summed E-state index contributed by atoms with van der Waals surface area (Å²) in [4.78, 5) is 12.0. The number of carbonyl (C=O) groups excluding carboxylic acids is 1. The van der Waals surface area contributed by atoms with Crippen LogP contribution in [0.15, 0.2) is 28.7 Å². The maximum atomic E-state index is 12.0. The molecule has 1 atom stereocenters. The van der Waals surface area contributed by atoms with E-state index in [-0.39, 0.29) is 24.4 Å². The summed E-state index contributed by atoms with van der Waals surface area (Å²) < 4.78 is 2.86. The number of benzene rings is 1. The van der Waals surface area contributed by atoms with E-state index in [0.29, 0.717) is 12.1 Å². The van der Waals surface area contributed by atoms with Gasteiger partial charge in [0.2, 0.25) is 0 Å². The highest BCUT2D eigenvalue weighted by atomic mass is 79.9. The second-order valence-electron chi connectivity index (χ2n) is 5.47. The number of hydrogen-bond donors (Lipinski definition) is 2. The summed E-state index contributed by atoms with van der Waals surface area (Å²) in [5.41, 5.74) is 9.20. The standard InChI is InChI=1S/C16H21BrN4O.ClH/c1-10(18)8-9-19-16(22)13-4-6-14(7-5-13)21-12(3)15(17)11(2)20-21;/h4-7,10H,8-9,18H2,1-3H3,(H,19,22);1H. The minimum atomic E-state index is -0.0817. The van der Waals surface area contributed by atoms with Crippen LogP contribution < -0.4 is 11.1 Å². The van der Waals surface area contributed by atoms with Gasteiger partial charge in [-0.15, -0.1) is 12.4 Å². The van der Waals surface area contributed by atoms with Gasteiger partial charge in [0.1, 0.15) is 0 Å². The Labute approximate surface area is 151 Å². The Balaban J connectivity index is 0.00000264. The number of rotatable bonds is 5. The summed E-state index contributed by atoms with van der Waals surface area (Å²) in [6, 6.07) is 7.49. The topological polar surface area (TPSA) is 72.9 Å². The molecule has 126 valence electrons. The van der Waals surface area contributed by atoms with Gasteiger partial charge in [-0.2, -0.15) is 5.10 Å². The predicted molar refractivity (Wildman–Crippen MR) is 98.6 cm³/mol. The van der Waals surface area contributed by atoms with Crippen molar-refractivity contribution in [3.63, 3.8) is 0 Å². The van der Waals surface area contributed by atoms with Gasteiger partial charge in [-0.25, -0.2) is 4.68 Å². The zero-order chi connectivity index (χ0) is 16.3. The number of nitrogens with zero attached hydrogens (tertiary/aromatic N) is 2. The smallest absolute Gasteiger partial charge is 0.251 e. The second kappa shape index (κ2) is 8.47. The molecule has 0 aliphatic rings. The monoisotopic (exact) mass is 400 g/mol. The maximum Gasteiger partial charge on any atom is 0.251 e. The van der Waals surface area contributed by atoms with Gasteiger partial charge in [0.05, 0.1) is 21.5 Å². The predicted octanol–water partition coefficient (Wildman–Crippen LogP) is 3.14. The van der Waals surface area contributed by atoms with Crippen LogP contribution in [-0.4, -0.2) is 28.3 Å². The zero-order valence-electron chi connectivity index (χ0n) is 13.5. The number of nitrogens with one attached hydrogen (secondary N) is 1. The molecule has 0 bridgehead atoms. The van der Waals surface area contributed by atoms with E-state index in [9.17, 15) is 4.79 Å². The van der Waals surface area contributed by atoms with Crippen molar-refractivity contribution in [2.45, 2.75) is 33.2 Å². The summed E-state index contributed by atoms with van der Waals surface area (Å²) in [6.45, 7) is 6.46. The molecule has 23 heavy (non-hydrogen) atoms. The van der Waals surface area contributed by atoms with Crippen molar-refractivity contribution >= 4 is 34.2 Å². The number of amides is 1. The number of nitrogens with two attached hydrogens (primary N) is 1. The average molecular weight is 402 g/mol. The van der Waals surface area contributed by atoms with Crippen LogP contribution in [0.1, 0.15) is 35.1 Å². The average Bonchev–Trinajstić information content (AvgIpc) is 2.74. The first-order valence-electron chi connectivity index (χ1n) is 7.26. The van der Waals surface area contributed by atoms with E-state index in [2.05, 4.69) is 26.3 Å². The molecule has 1 aromatic carbocycles. The van der Waals surface area contributed by atoms with Gasteiger partial charge in [-0.05, 0) is 67.4 Å². The molecule has 7 heteroatoms. The lowest BCUT2D eigenvalue weighted by Crippen LogP contribution is -2.28. The normalized spacial score (nSPS) is 11.7. The number of aromatic nitrogens is 2. The van der Waals surface area contributed by atoms with Gasteiger partial charge < -0.3 is 11.1 Å². The number of aryl methyl sites for hydroxylation is 1. The van der Waals surface area contributed by atoms with Gasteiger partial charge >= 0.3 is 0 Å². The highest BCUT2D eigenvalue weighted by molar-refractivity contribution is 9.10. The molecule has 0 aliphatic carbocycles. The van der Waals surface area contributed by atoms with Crippen LogP contribution in [-0.2, 0) is 0 Å². The van der Waals surface area contributed by atoms with E-state index in [1.165, 1.54) is 0 Å². The largest absolute Gasteiger partial charge is 0.352 e. The lowest BCUT2D eigenvalue weighted by molar-refractivity contribution is 0.0953. The Morgan fingerprint density at radius 2 is 1.96 bits per heavy atom. The summed E-state index contributed by atoms with van der Waals surface area (Å²) in [5.74, 6) is -0.0817. The van der Waals surface area contributed by atoms with Gasteiger partial charge in [-0.1, -0.05) is 0 Å². The van der Waals surface area contributed by atoms with E-state index in [4.69, 9.17) is 5.73 Å². The molecule has 0 saturated carbocycles. The molecule has 0 aliphatic heterocycles. The molecule has 0 fully saturated rings. The summed E-state index contributed by atoms with van der Waals surface area (Å²) in [5, 5.41) is 7.34. The van der Waals surface area contributed by atoms with Crippen LogP contribution in [0.3, 0.4) is 0 Å². The van der Waals surface area contributed by atoms with Crippen molar-refractivity contribution in [1.29, 1.82) is 0 Å². The van der Waals surface area contributed by atoms with Gasteiger partial charge in [-0.3, -0.25) is 4.79 Å². The Morgan fingerprint density at radius 1 is 1.35 bits per heavy atom. The van der Waals surface area contributed by atoms with Crippen molar-refractivity contribution in [3.8, 4) is 5.69 Å². The van der Waals surface area contributed by atoms with E-state index in [1.54, 1.807) is 12.1 Å². The van der Waals surface area contributed by atoms with Crippen molar-refractivity contribution in [2.24, 2.45) is 5.73 Å². The van der Waals surface area contributed by atoms with E-state index in [1.807, 2.05) is 37.6 Å². The third-order valence-corrected chi connectivity index (χ3v) is 4.61. The van der Waals surface area contributed by atoms with Crippen molar-refractivity contribution < 1.29 is 4.79 Å². The fraction of sp³-hybridized carbons (Fsp3) is 0.375. The highest BCUT2D eigenvalue weighted by Crippen LogP contribution is 2.23. The number of halogens is 2. The summed E-state index contributed by atoms with van der Waals surface area (Å²) in [7, 11) is 0. The number of hydrogen-bond acceptors (Lipinski definition) is 3. The molecule has 2 aromatic rings. The molecule has 5 nitrogen and oxygen atoms in total. The van der Waals surface area contributed by atoms with Gasteiger partial charge in [0.25, 0.3) is 5.91 Å². The lowest BCUT2D eigenvalue weighted by atomic mass is 10.2. The van der Waals surface area contributed by atoms with Crippen LogP contribution in [0.4, 0.5) is 0 Å². The fourth-order valence-corrected chi connectivity index (χ4v) is 2.39. The maximum absolute atomic E-state index is 12.0. The fourth-order valence-electron chi connectivity index (χ4n) is 2.14. The molecule has 1 unspecified atom stereocenters. The molecule has 3 N–H and O–H groups in total. The summed E-state index contributed by atoms with van der Waals surface area (Å²) in [6.07, 6.45) is 0.767. The molecular formula is C16H22BrClN4O. The molecule has 1 amide bonds. The van der Waals surface area contributed by atoms with Crippen LogP contribution in [0.5, 0.6) is 0 Å². The second-order valence-corrected chi connectivity index (χ2v) is 6.26. The first-order valence-corrected chi connectivity index (χ1v) is 8.05. The number of carbonyl (C=O) groups is 1. The SMILES string of the molecule is Cc1nn(-c2ccc(C(=O)NCCC(C)N)cc2)c(C)c1Br.Cl. The van der Waals surface area contributed by atoms with Gasteiger partial charge in [0.15, 0.2) is 0 Å². The van der Waals surface area contributed by atoms with Crippen molar-refractivity contribution in [3.05, 3.63) is 45.7 Å². The Hall–Kier alpha value is -1.37. The van der Waals surface area contributed by atoms with Crippen LogP contribution >= 0.6 is 28.3 Å². The molecule has 2 rings (SSSR count). The van der Waals surface area contributed by atoms with Crippen molar-refractivity contribution in [1.82, 2.24) is 15.1 Å². The van der Waals surface area contributed by atoms with Crippen LogP contribution in [0.25, 0.3) is 5.69 Å². The molecule has 0 radical (unpaired) electrons. The van der Waals surface area contributed by atoms with E-state index in [0.717, 1.165) is 28.0 Å². The molecular weight excluding hydrogens is 380 g/mol.